The molecule has 1 saturated carbocycles. The zero-order valence-electron chi connectivity index (χ0n) is 10.5. The molecule has 1 aliphatic carbocycles. The smallest absolute Gasteiger partial charge is 0.165 e. The van der Waals surface area contributed by atoms with Gasteiger partial charge in [-0.25, -0.2) is 15.0 Å². The number of nitrogens with zero attached hydrogens (tertiary/aromatic N) is 4. The van der Waals surface area contributed by atoms with E-state index in [1.165, 1.54) is 6.33 Å². The number of epoxide rings is 1. The largest absolute Gasteiger partial charge is 0.396 e. The van der Waals surface area contributed by atoms with Crippen molar-refractivity contribution in [3.63, 3.8) is 0 Å². The van der Waals surface area contributed by atoms with Gasteiger partial charge in [0.1, 0.15) is 17.9 Å². The SMILES string of the molecule is C[C@@]12O[C@@H]1[C@H](n1cnc3c(N)ncnc31)C[C@@H]2CO. The number of nitrogens with two attached hydrogens (primary N) is 1. The number of aliphatic hydroxyl groups excluding tert-OH is 1. The summed E-state index contributed by atoms with van der Waals surface area (Å²) >= 11 is 0. The molecule has 2 aromatic heterocycles. The van der Waals surface area contributed by atoms with E-state index in [4.69, 9.17) is 10.5 Å². The number of imidazole rings is 1. The van der Waals surface area contributed by atoms with Crippen LogP contribution in [-0.2, 0) is 4.74 Å². The van der Waals surface area contributed by atoms with Gasteiger partial charge < -0.3 is 20.1 Å². The number of anilines is 1. The maximum absolute atomic E-state index is 9.45. The minimum absolute atomic E-state index is 0.123. The Morgan fingerprint density at radius 3 is 3.11 bits per heavy atom. The molecule has 100 valence electrons. The summed E-state index contributed by atoms with van der Waals surface area (Å²) in [5, 5.41) is 9.45. The Kier molecular flexibility index (Phi) is 2.01. The summed E-state index contributed by atoms with van der Waals surface area (Å²) < 4.78 is 7.78. The van der Waals surface area contributed by atoms with E-state index in [0.717, 1.165) is 12.1 Å². The Bertz CT molecular complexity index is 657. The Labute approximate surface area is 109 Å². The second-order valence-electron chi connectivity index (χ2n) is 5.49. The summed E-state index contributed by atoms with van der Waals surface area (Å²) in [4.78, 5) is 12.5. The van der Waals surface area contributed by atoms with Crippen molar-refractivity contribution in [1.82, 2.24) is 19.5 Å². The first-order valence-corrected chi connectivity index (χ1v) is 6.37. The molecule has 7 heteroatoms. The minimum atomic E-state index is -0.200. The zero-order valence-corrected chi connectivity index (χ0v) is 10.5. The number of nitrogen functional groups attached to an aromatic ring is 1. The highest BCUT2D eigenvalue weighted by molar-refractivity contribution is 5.81. The standard InChI is InChI=1S/C12H15N5O2/c1-12-6(3-18)2-7(9(12)19-12)17-5-16-8-10(13)14-4-15-11(8)17/h4-7,9,18H,2-3H2,1H3,(H2,13,14,15)/t6-,7-,9-,12+/m1/s1. The third kappa shape index (κ3) is 1.31. The lowest BCUT2D eigenvalue weighted by atomic mass is 9.98. The van der Waals surface area contributed by atoms with Crippen molar-refractivity contribution in [2.24, 2.45) is 5.92 Å². The van der Waals surface area contributed by atoms with Gasteiger partial charge in [0.05, 0.1) is 18.0 Å². The number of hydrogen-bond acceptors (Lipinski definition) is 6. The molecule has 0 unspecified atom stereocenters. The van der Waals surface area contributed by atoms with Crippen molar-refractivity contribution in [3.05, 3.63) is 12.7 Å². The Balaban J connectivity index is 1.79. The molecule has 3 N–H and O–H groups in total. The quantitative estimate of drug-likeness (QED) is 0.744. The summed E-state index contributed by atoms with van der Waals surface area (Å²) in [7, 11) is 0. The van der Waals surface area contributed by atoms with Crippen molar-refractivity contribution in [2.45, 2.75) is 31.1 Å². The predicted octanol–water partition coefficient (Wildman–Crippen LogP) is 0.119. The van der Waals surface area contributed by atoms with E-state index < -0.39 is 0 Å². The summed E-state index contributed by atoms with van der Waals surface area (Å²) in [6.07, 6.45) is 4.18. The molecule has 2 fully saturated rings. The molecule has 2 aliphatic rings. The van der Waals surface area contributed by atoms with E-state index in [2.05, 4.69) is 21.9 Å². The Morgan fingerprint density at radius 1 is 1.53 bits per heavy atom. The van der Waals surface area contributed by atoms with Gasteiger partial charge >= 0.3 is 0 Å². The molecule has 0 amide bonds. The second-order valence-corrected chi connectivity index (χ2v) is 5.49. The van der Waals surface area contributed by atoms with Gasteiger partial charge in [-0.2, -0.15) is 0 Å². The summed E-state index contributed by atoms with van der Waals surface area (Å²) in [5.74, 6) is 0.555. The average Bonchev–Trinajstić information content (AvgIpc) is 2.81. The zero-order chi connectivity index (χ0) is 13.2. The van der Waals surface area contributed by atoms with Crippen molar-refractivity contribution >= 4 is 17.0 Å². The molecular formula is C12H15N5O2. The van der Waals surface area contributed by atoms with Crippen LogP contribution in [0.3, 0.4) is 0 Å². The molecule has 1 saturated heterocycles. The van der Waals surface area contributed by atoms with E-state index in [1.807, 2.05) is 4.57 Å². The van der Waals surface area contributed by atoms with Crippen LogP contribution in [0.5, 0.6) is 0 Å². The molecule has 4 rings (SSSR count). The third-order valence-electron chi connectivity index (χ3n) is 4.54. The monoisotopic (exact) mass is 261 g/mol. The van der Waals surface area contributed by atoms with Gasteiger partial charge in [-0.05, 0) is 13.3 Å². The van der Waals surface area contributed by atoms with E-state index in [1.54, 1.807) is 6.33 Å². The normalized spacial score (nSPS) is 36.6. The summed E-state index contributed by atoms with van der Waals surface area (Å²) in [6, 6.07) is 0.154. The predicted molar refractivity (Wildman–Crippen MR) is 67.2 cm³/mol. The van der Waals surface area contributed by atoms with Crippen LogP contribution >= 0.6 is 0 Å². The molecule has 19 heavy (non-hydrogen) atoms. The van der Waals surface area contributed by atoms with E-state index in [0.29, 0.717) is 11.3 Å². The highest BCUT2D eigenvalue weighted by Crippen LogP contribution is 2.58. The molecule has 0 spiro atoms. The lowest BCUT2D eigenvalue weighted by Crippen LogP contribution is -2.20. The van der Waals surface area contributed by atoms with Gasteiger partial charge in [0.2, 0.25) is 0 Å². The third-order valence-corrected chi connectivity index (χ3v) is 4.54. The van der Waals surface area contributed by atoms with Gasteiger partial charge in [-0.3, -0.25) is 0 Å². The van der Waals surface area contributed by atoms with Gasteiger partial charge in [0, 0.05) is 12.5 Å². The van der Waals surface area contributed by atoms with Gasteiger partial charge in [-0.15, -0.1) is 0 Å². The minimum Gasteiger partial charge on any atom is -0.396 e. The molecule has 3 heterocycles. The number of hydrogen-bond donors (Lipinski definition) is 2. The highest BCUT2D eigenvalue weighted by atomic mass is 16.6. The van der Waals surface area contributed by atoms with Crippen LogP contribution in [0.4, 0.5) is 5.82 Å². The molecular weight excluding hydrogens is 246 g/mol. The van der Waals surface area contributed by atoms with E-state index in [9.17, 15) is 5.11 Å². The molecule has 0 aromatic carbocycles. The van der Waals surface area contributed by atoms with Crippen LogP contribution in [0.25, 0.3) is 11.2 Å². The Morgan fingerprint density at radius 2 is 2.37 bits per heavy atom. The van der Waals surface area contributed by atoms with Crippen LogP contribution in [0.15, 0.2) is 12.7 Å². The lowest BCUT2D eigenvalue weighted by Gasteiger charge is -2.17. The fourth-order valence-corrected chi connectivity index (χ4v) is 3.31. The first kappa shape index (κ1) is 11.1. The number of aliphatic hydroxyl groups is 1. The maximum atomic E-state index is 9.45. The van der Waals surface area contributed by atoms with Crippen LogP contribution in [0, 0.1) is 5.92 Å². The Hall–Kier alpha value is -1.73. The summed E-state index contributed by atoms with van der Waals surface area (Å²) in [6.45, 7) is 2.20. The van der Waals surface area contributed by atoms with Crippen molar-refractivity contribution in [1.29, 1.82) is 0 Å². The van der Waals surface area contributed by atoms with Crippen LogP contribution < -0.4 is 5.73 Å². The molecule has 2 aromatic rings. The van der Waals surface area contributed by atoms with Gasteiger partial charge in [0.15, 0.2) is 11.5 Å². The van der Waals surface area contributed by atoms with Crippen molar-refractivity contribution < 1.29 is 9.84 Å². The maximum Gasteiger partial charge on any atom is 0.165 e. The van der Waals surface area contributed by atoms with Crippen LogP contribution in [-0.4, -0.2) is 42.9 Å². The van der Waals surface area contributed by atoms with Gasteiger partial charge in [-0.1, -0.05) is 0 Å². The first-order valence-electron chi connectivity index (χ1n) is 6.37. The van der Waals surface area contributed by atoms with Gasteiger partial charge in [0.25, 0.3) is 0 Å². The molecule has 0 radical (unpaired) electrons. The average molecular weight is 261 g/mol. The van der Waals surface area contributed by atoms with Crippen molar-refractivity contribution in [3.8, 4) is 0 Å². The van der Waals surface area contributed by atoms with E-state index in [-0.39, 0.29) is 30.3 Å². The molecule has 0 bridgehead atoms. The second kappa shape index (κ2) is 3.43. The number of rotatable bonds is 2. The number of fused-ring (bicyclic) bond motifs is 2. The lowest BCUT2D eigenvalue weighted by molar-refractivity contribution is 0.115. The topological polar surface area (TPSA) is 102 Å². The first-order chi connectivity index (χ1) is 9.15. The van der Waals surface area contributed by atoms with E-state index >= 15 is 0 Å². The van der Waals surface area contributed by atoms with Crippen LogP contribution in [0.2, 0.25) is 0 Å². The molecule has 1 aliphatic heterocycles. The number of aromatic nitrogens is 4. The fraction of sp³-hybridized carbons (Fsp3) is 0.583. The van der Waals surface area contributed by atoms with Crippen molar-refractivity contribution in [2.75, 3.05) is 12.3 Å². The molecule has 7 nitrogen and oxygen atoms in total. The summed E-state index contributed by atoms with van der Waals surface area (Å²) in [5.41, 5.74) is 6.95. The molecule has 4 atom stereocenters. The highest BCUT2D eigenvalue weighted by Gasteiger charge is 2.66. The van der Waals surface area contributed by atoms with Crippen LogP contribution in [0.1, 0.15) is 19.4 Å². The number of ether oxygens (including phenoxy) is 1. The fourth-order valence-electron chi connectivity index (χ4n) is 3.31.